The maximum absolute atomic E-state index is 12.3. The summed E-state index contributed by atoms with van der Waals surface area (Å²) >= 11 is 0. The molecule has 5 nitrogen and oxygen atoms in total. The first-order chi connectivity index (χ1) is 8.29. The standard InChI is InChI=1S/C10H11F3N2O3/c1-4-2-5(6(3-4)8(16)17)7-14-9(15-18-7)10(11,12)13/h4-6H,2-3H2,1H3,(H,16,17). The van der Waals surface area contributed by atoms with E-state index in [1.807, 2.05) is 6.92 Å². The highest BCUT2D eigenvalue weighted by Gasteiger charge is 2.43. The van der Waals surface area contributed by atoms with Gasteiger partial charge >= 0.3 is 12.1 Å². The van der Waals surface area contributed by atoms with Gasteiger partial charge in [0.15, 0.2) is 0 Å². The van der Waals surface area contributed by atoms with Gasteiger partial charge in [-0.15, -0.1) is 0 Å². The molecule has 1 fully saturated rings. The zero-order chi connectivity index (χ0) is 13.5. The van der Waals surface area contributed by atoms with Crippen molar-refractivity contribution in [3.8, 4) is 0 Å². The average Bonchev–Trinajstić information content (AvgIpc) is 2.81. The molecule has 3 atom stereocenters. The first-order valence-corrected chi connectivity index (χ1v) is 5.42. The SMILES string of the molecule is CC1CC(C(=O)O)C(c2nc(C(F)(F)F)no2)C1. The molecule has 1 N–H and O–H groups in total. The Kier molecular flexibility index (Phi) is 3.04. The van der Waals surface area contributed by atoms with Crippen molar-refractivity contribution in [1.82, 2.24) is 10.1 Å². The third-order valence-electron chi connectivity index (χ3n) is 3.13. The van der Waals surface area contributed by atoms with Crippen LogP contribution in [-0.2, 0) is 11.0 Å². The number of hydrogen-bond donors (Lipinski definition) is 1. The number of alkyl halides is 3. The second kappa shape index (κ2) is 4.25. The molecule has 1 aliphatic carbocycles. The molecule has 0 spiro atoms. The van der Waals surface area contributed by atoms with E-state index in [1.165, 1.54) is 0 Å². The lowest BCUT2D eigenvalue weighted by Gasteiger charge is -2.10. The lowest BCUT2D eigenvalue weighted by atomic mass is 9.96. The number of nitrogens with zero attached hydrogens (tertiary/aromatic N) is 2. The van der Waals surface area contributed by atoms with Crippen LogP contribution in [0.2, 0.25) is 0 Å². The van der Waals surface area contributed by atoms with E-state index in [0.717, 1.165) is 0 Å². The predicted octanol–water partition coefficient (Wildman–Crippen LogP) is 2.30. The molecule has 8 heteroatoms. The van der Waals surface area contributed by atoms with E-state index >= 15 is 0 Å². The van der Waals surface area contributed by atoms with E-state index in [4.69, 9.17) is 5.11 Å². The van der Waals surface area contributed by atoms with Gasteiger partial charge in [0.2, 0.25) is 5.89 Å². The summed E-state index contributed by atoms with van der Waals surface area (Å²) in [5.74, 6) is -3.93. The minimum absolute atomic E-state index is 0.109. The Hall–Kier alpha value is -1.60. The van der Waals surface area contributed by atoms with Crippen LogP contribution in [0.15, 0.2) is 4.52 Å². The largest absolute Gasteiger partial charge is 0.481 e. The van der Waals surface area contributed by atoms with Gasteiger partial charge in [0.25, 0.3) is 5.82 Å². The van der Waals surface area contributed by atoms with Crippen LogP contribution < -0.4 is 0 Å². The molecule has 0 aromatic carbocycles. The summed E-state index contributed by atoms with van der Waals surface area (Å²) in [6, 6.07) is 0. The number of halogens is 3. The van der Waals surface area contributed by atoms with E-state index in [9.17, 15) is 18.0 Å². The molecule has 3 unspecified atom stereocenters. The van der Waals surface area contributed by atoms with E-state index in [-0.39, 0.29) is 11.8 Å². The van der Waals surface area contributed by atoms with E-state index in [1.54, 1.807) is 0 Å². The Morgan fingerprint density at radius 3 is 2.61 bits per heavy atom. The summed E-state index contributed by atoms with van der Waals surface area (Å²) in [6.07, 6.45) is -3.83. The molecule has 0 aliphatic heterocycles. The topological polar surface area (TPSA) is 76.2 Å². The van der Waals surface area contributed by atoms with Crippen LogP contribution in [0, 0.1) is 11.8 Å². The summed E-state index contributed by atoms with van der Waals surface area (Å²) < 4.78 is 41.5. The summed E-state index contributed by atoms with van der Waals surface area (Å²) in [4.78, 5) is 14.3. The first kappa shape index (κ1) is 12.8. The molecule has 100 valence electrons. The molecule has 0 amide bonds. The van der Waals surface area contributed by atoms with Crippen LogP contribution in [-0.4, -0.2) is 21.2 Å². The van der Waals surface area contributed by atoms with Crippen LogP contribution >= 0.6 is 0 Å². The summed E-state index contributed by atoms with van der Waals surface area (Å²) in [6.45, 7) is 1.84. The second-order valence-corrected chi connectivity index (χ2v) is 4.58. The number of aliphatic carboxylic acids is 1. The molecular weight excluding hydrogens is 253 g/mol. The number of carbonyl (C=O) groups is 1. The minimum Gasteiger partial charge on any atom is -0.481 e. The normalized spacial score (nSPS) is 28.6. The predicted molar refractivity (Wildman–Crippen MR) is 51.6 cm³/mol. The molecule has 1 aromatic heterocycles. The van der Waals surface area contributed by atoms with Gasteiger partial charge in [-0.25, -0.2) is 0 Å². The highest BCUT2D eigenvalue weighted by atomic mass is 19.4. The summed E-state index contributed by atoms with van der Waals surface area (Å²) in [7, 11) is 0. The van der Waals surface area contributed by atoms with Crippen LogP contribution in [0.1, 0.15) is 37.4 Å². The Labute approximate surface area is 100.0 Å². The summed E-state index contributed by atoms with van der Waals surface area (Å²) in [5.41, 5.74) is 0. The van der Waals surface area contributed by atoms with Crippen molar-refractivity contribution in [2.75, 3.05) is 0 Å². The second-order valence-electron chi connectivity index (χ2n) is 4.58. The maximum Gasteiger partial charge on any atom is 0.455 e. The van der Waals surface area contributed by atoms with Gasteiger partial charge in [-0.1, -0.05) is 12.1 Å². The highest BCUT2D eigenvalue weighted by molar-refractivity contribution is 5.71. The van der Waals surface area contributed by atoms with Gasteiger partial charge in [-0.2, -0.15) is 18.2 Å². The van der Waals surface area contributed by atoms with E-state index in [0.29, 0.717) is 12.8 Å². The van der Waals surface area contributed by atoms with Gasteiger partial charge in [-0.05, 0) is 18.8 Å². The van der Waals surface area contributed by atoms with E-state index < -0.39 is 29.8 Å². The van der Waals surface area contributed by atoms with Crippen molar-refractivity contribution in [2.45, 2.75) is 31.9 Å². The molecule has 18 heavy (non-hydrogen) atoms. The van der Waals surface area contributed by atoms with Crippen molar-refractivity contribution in [1.29, 1.82) is 0 Å². The fraction of sp³-hybridized carbons (Fsp3) is 0.700. The molecule has 2 rings (SSSR count). The van der Waals surface area contributed by atoms with Gasteiger partial charge in [0.1, 0.15) is 0 Å². The quantitative estimate of drug-likeness (QED) is 0.886. The Morgan fingerprint density at radius 2 is 2.11 bits per heavy atom. The molecule has 0 radical (unpaired) electrons. The molecule has 1 saturated carbocycles. The van der Waals surface area contributed by atoms with Gasteiger partial charge in [0.05, 0.1) is 11.8 Å². The zero-order valence-corrected chi connectivity index (χ0v) is 9.44. The molecule has 1 aliphatic rings. The van der Waals surface area contributed by atoms with Gasteiger partial charge in [0, 0.05) is 0 Å². The number of hydrogen-bond acceptors (Lipinski definition) is 4. The van der Waals surface area contributed by atoms with E-state index in [2.05, 4.69) is 14.7 Å². The highest BCUT2D eigenvalue weighted by Crippen LogP contribution is 2.43. The molecule has 1 heterocycles. The molecule has 0 bridgehead atoms. The van der Waals surface area contributed by atoms with Crippen molar-refractivity contribution in [2.24, 2.45) is 11.8 Å². The monoisotopic (exact) mass is 264 g/mol. The fourth-order valence-electron chi connectivity index (χ4n) is 2.34. The number of carboxylic acids is 1. The molecule has 1 aromatic rings. The Morgan fingerprint density at radius 1 is 1.44 bits per heavy atom. The zero-order valence-electron chi connectivity index (χ0n) is 9.44. The third-order valence-corrected chi connectivity index (χ3v) is 3.13. The lowest BCUT2D eigenvalue weighted by molar-refractivity contribution is -0.146. The Bertz CT molecular complexity index is 457. The minimum atomic E-state index is -4.68. The first-order valence-electron chi connectivity index (χ1n) is 5.42. The number of aromatic nitrogens is 2. The van der Waals surface area contributed by atoms with Crippen LogP contribution in [0.5, 0.6) is 0 Å². The number of carboxylic acid groups (broad SMARTS) is 1. The van der Waals surface area contributed by atoms with Gasteiger partial charge < -0.3 is 9.63 Å². The van der Waals surface area contributed by atoms with Crippen molar-refractivity contribution in [3.05, 3.63) is 11.7 Å². The van der Waals surface area contributed by atoms with Crippen LogP contribution in [0.3, 0.4) is 0 Å². The third kappa shape index (κ3) is 2.32. The van der Waals surface area contributed by atoms with Crippen LogP contribution in [0.25, 0.3) is 0 Å². The smallest absolute Gasteiger partial charge is 0.455 e. The average molecular weight is 264 g/mol. The van der Waals surface area contributed by atoms with Gasteiger partial charge in [-0.3, -0.25) is 4.79 Å². The maximum atomic E-state index is 12.3. The number of rotatable bonds is 2. The van der Waals surface area contributed by atoms with Crippen molar-refractivity contribution < 1.29 is 27.6 Å². The van der Waals surface area contributed by atoms with Crippen molar-refractivity contribution in [3.63, 3.8) is 0 Å². The fourth-order valence-corrected chi connectivity index (χ4v) is 2.34. The van der Waals surface area contributed by atoms with Crippen molar-refractivity contribution >= 4 is 5.97 Å². The van der Waals surface area contributed by atoms with Crippen LogP contribution in [0.4, 0.5) is 13.2 Å². The lowest BCUT2D eigenvalue weighted by Crippen LogP contribution is -2.17. The molecular formula is C10H11F3N2O3. The molecule has 0 saturated heterocycles. The summed E-state index contributed by atoms with van der Waals surface area (Å²) in [5, 5.41) is 11.9. The Balaban J connectivity index is 2.25.